The molecule has 0 aromatic carbocycles. The number of hydrogen-bond acceptors (Lipinski definition) is 3. The summed E-state index contributed by atoms with van der Waals surface area (Å²) in [4.78, 5) is 31.7. The second-order valence-corrected chi connectivity index (χ2v) is 8.61. The molecule has 0 bridgehead atoms. The van der Waals surface area contributed by atoms with Gasteiger partial charge in [0.15, 0.2) is 0 Å². The normalized spacial score (nSPS) is 23.1. The van der Waals surface area contributed by atoms with Gasteiger partial charge in [-0.15, -0.1) is 0 Å². The lowest BCUT2D eigenvalue weighted by atomic mass is 9.88. The molecule has 0 aromatic rings. The molecule has 1 aliphatic heterocycles. The van der Waals surface area contributed by atoms with Gasteiger partial charge in [0.2, 0.25) is 11.8 Å². The lowest BCUT2D eigenvalue weighted by Gasteiger charge is -2.37. The first-order valence-corrected chi connectivity index (χ1v) is 10.3. The average Bonchev–Trinajstić information content (AvgIpc) is 3.45. The third-order valence-electron chi connectivity index (χ3n) is 5.87. The average molecular weight is 350 g/mol. The van der Waals surface area contributed by atoms with Crippen LogP contribution >= 0.6 is 0 Å². The van der Waals surface area contributed by atoms with Crippen molar-refractivity contribution < 1.29 is 9.59 Å². The Morgan fingerprint density at radius 1 is 0.960 bits per heavy atom. The fourth-order valence-corrected chi connectivity index (χ4v) is 4.25. The Balaban J connectivity index is 1.43. The van der Waals surface area contributed by atoms with E-state index in [4.69, 9.17) is 0 Å². The van der Waals surface area contributed by atoms with Crippen LogP contribution in [0.3, 0.4) is 0 Å². The molecule has 142 valence electrons. The minimum Gasteiger partial charge on any atom is -0.340 e. The van der Waals surface area contributed by atoms with Crippen molar-refractivity contribution in [3.8, 4) is 0 Å². The number of hydrogen-bond donors (Lipinski definition) is 0. The molecule has 0 atom stereocenters. The molecule has 5 heteroatoms. The van der Waals surface area contributed by atoms with E-state index in [0.717, 1.165) is 45.6 Å². The van der Waals surface area contributed by atoms with Crippen molar-refractivity contribution in [1.29, 1.82) is 0 Å². The van der Waals surface area contributed by atoms with Crippen molar-refractivity contribution in [2.75, 3.05) is 39.3 Å². The predicted molar refractivity (Wildman–Crippen MR) is 99.2 cm³/mol. The van der Waals surface area contributed by atoms with Crippen LogP contribution in [-0.2, 0) is 9.59 Å². The van der Waals surface area contributed by atoms with Crippen LogP contribution in [0.5, 0.6) is 0 Å². The summed E-state index contributed by atoms with van der Waals surface area (Å²) in [6.45, 7) is 9.01. The lowest BCUT2D eigenvalue weighted by molar-refractivity contribution is -0.139. The maximum Gasteiger partial charge on any atom is 0.237 e. The summed E-state index contributed by atoms with van der Waals surface area (Å²) in [7, 11) is 0. The molecule has 2 saturated carbocycles. The highest BCUT2D eigenvalue weighted by Gasteiger charge is 2.34. The number of carbonyl (C=O) groups is 2. The predicted octanol–water partition coefficient (Wildman–Crippen LogP) is 2.36. The van der Waals surface area contributed by atoms with Crippen molar-refractivity contribution in [1.82, 2.24) is 14.7 Å². The molecule has 1 saturated heterocycles. The van der Waals surface area contributed by atoms with Crippen LogP contribution in [0.15, 0.2) is 0 Å². The fourth-order valence-electron chi connectivity index (χ4n) is 4.25. The second-order valence-electron chi connectivity index (χ2n) is 8.61. The highest BCUT2D eigenvalue weighted by molar-refractivity contribution is 5.80. The van der Waals surface area contributed by atoms with Crippen LogP contribution in [0, 0.1) is 11.8 Å². The van der Waals surface area contributed by atoms with Crippen LogP contribution in [-0.4, -0.2) is 71.8 Å². The van der Waals surface area contributed by atoms with Crippen molar-refractivity contribution in [2.24, 2.45) is 11.8 Å². The minimum atomic E-state index is 0.262. The molecule has 0 unspecified atom stereocenters. The summed E-state index contributed by atoms with van der Waals surface area (Å²) in [5, 5.41) is 0. The van der Waals surface area contributed by atoms with E-state index in [0.29, 0.717) is 24.4 Å². The van der Waals surface area contributed by atoms with E-state index in [9.17, 15) is 9.59 Å². The highest BCUT2D eigenvalue weighted by atomic mass is 16.2. The number of rotatable bonds is 6. The maximum absolute atomic E-state index is 12.7. The van der Waals surface area contributed by atoms with Gasteiger partial charge in [0.1, 0.15) is 0 Å². The molecule has 3 aliphatic rings. The standard InChI is InChI=1S/C20H35N3O2/c1-16(2)14-23(18-8-9-18)19(24)15-21-10-12-22(13-11-21)20(25)17-6-4-3-5-7-17/h16-18H,3-15H2,1-2H3. The Bertz CT molecular complexity index is 462. The molecule has 3 fully saturated rings. The molecular weight excluding hydrogens is 314 g/mol. The SMILES string of the molecule is CC(C)CN(C(=O)CN1CCN(C(=O)C2CCCCC2)CC1)C1CC1. The summed E-state index contributed by atoms with van der Waals surface area (Å²) in [5.41, 5.74) is 0. The van der Waals surface area contributed by atoms with Crippen molar-refractivity contribution in [3.05, 3.63) is 0 Å². The van der Waals surface area contributed by atoms with Gasteiger partial charge in [0.05, 0.1) is 6.54 Å². The van der Waals surface area contributed by atoms with Gasteiger partial charge in [-0.2, -0.15) is 0 Å². The first kappa shape index (κ1) is 18.7. The summed E-state index contributed by atoms with van der Waals surface area (Å²) in [6, 6.07) is 0.490. The minimum absolute atomic E-state index is 0.262. The van der Waals surface area contributed by atoms with E-state index >= 15 is 0 Å². The molecule has 0 N–H and O–H groups in total. The maximum atomic E-state index is 12.7. The van der Waals surface area contributed by atoms with Gasteiger partial charge in [-0.25, -0.2) is 0 Å². The third-order valence-corrected chi connectivity index (χ3v) is 5.87. The molecule has 2 amide bonds. The summed E-state index contributed by atoms with van der Waals surface area (Å²) >= 11 is 0. The van der Waals surface area contributed by atoms with Gasteiger partial charge in [0.25, 0.3) is 0 Å². The summed E-state index contributed by atoms with van der Waals surface area (Å²) in [5.74, 6) is 1.43. The summed E-state index contributed by atoms with van der Waals surface area (Å²) in [6.07, 6.45) is 8.18. The van der Waals surface area contributed by atoms with Gasteiger partial charge in [-0.3, -0.25) is 14.5 Å². The number of amides is 2. The zero-order chi connectivity index (χ0) is 17.8. The van der Waals surface area contributed by atoms with E-state index in [1.807, 2.05) is 4.90 Å². The monoisotopic (exact) mass is 349 g/mol. The number of carbonyl (C=O) groups excluding carboxylic acids is 2. The Hall–Kier alpha value is -1.10. The van der Waals surface area contributed by atoms with Crippen LogP contribution in [0.1, 0.15) is 58.8 Å². The molecule has 0 spiro atoms. The molecular formula is C20H35N3O2. The van der Waals surface area contributed by atoms with E-state index in [2.05, 4.69) is 23.6 Å². The zero-order valence-electron chi connectivity index (χ0n) is 16.1. The number of nitrogens with zero attached hydrogens (tertiary/aromatic N) is 3. The van der Waals surface area contributed by atoms with Gasteiger partial charge in [0, 0.05) is 44.7 Å². The quantitative estimate of drug-likeness (QED) is 0.739. The highest BCUT2D eigenvalue weighted by Crippen LogP contribution is 2.28. The van der Waals surface area contributed by atoms with Crippen molar-refractivity contribution in [2.45, 2.75) is 64.8 Å². The van der Waals surface area contributed by atoms with E-state index in [1.165, 1.54) is 32.1 Å². The van der Waals surface area contributed by atoms with Crippen molar-refractivity contribution >= 4 is 11.8 Å². The fraction of sp³-hybridized carbons (Fsp3) is 0.900. The van der Waals surface area contributed by atoms with E-state index < -0.39 is 0 Å². The van der Waals surface area contributed by atoms with E-state index in [1.54, 1.807) is 0 Å². The van der Waals surface area contributed by atoms with Gasteiger partial charge < -0.3 is 9.80 Å². The van der Waals surface area contributed by atoms with Crippen LogP contribution < -0.4 is 0 Å². The Kier molecular flexibility index (Phi) is 6.37. The van der Waals surface area contributed by atoms with Crippen LogP contribution in [0.2, 0.25) is 0 Å². The summed E-state index contributed by atoms with van der Waals surface area (Å²) < 4.78 is 0. The Labute approximate surface area is 152 Å². The first-order valence-electron chi connectivity index (χ1n) is 10.3. The van der Waals surface area contributed by atoms with Crippen LogP contribution in [0.25, 0.3) is 0 Å². The van der Waals surface area contributed by atoms with Crippen molar-refractivity contribution in [3.63, 3.8) is 0 Å². The Morgan fingerprint density at radius 3 is 2.16 bits per heavy atom. The lowest BCUT2D eigenvalue weighted by Crippen LogP contribution is -2.53. The topological polar surface area (TPSA) is 43.9 Å². The molecule has 3 rings (SSSR count). The number of piperazine rings is 1. The molecule has 25 heavy (non-hydrogen) atoms. The van der Waals surface area contributed by atoms with Crippen LogP contribution in [0.4, 0.5) is 0 Å². The van der Waals surface area contributed by atoms with Gasteiger partial charge >= 0.3 is 0 Å². The van der Waals surface area contributed by atoms with Gasteiger partial charge in [-0.05, 0) is 31.6 Å². The van der Waals surface area contributed by atoms with E-state index in [-0.39, 0.29) is 11.8 Å². The zero-order valence-corrected chi connectivity index (χ0v) is 16.1. The third kappa shape index (κ3) is 5.19. The second kappa shape index (κ2) is 8.52. The molecule has 0 radical (unpaired) electrons. The molecule has 1 heterocycles. The smallest absolute Gasteiger partial charge is 0.237 e. The molecule has 5 nitrogen and oxygen atoms in total. The van der Waals surface area contributed by atoms with Gasteiger partial charge in [-0.1, -0.05) is 33.1 Å². The Morgan fingerprint density at radius 2 is 1.60 bits per heavy atom. The molecule has 0 aromatic heterocycles. The first-order chi connectivity index (χ1) is 12.0. The molecule has 2 aliphatic carbocycles. The largest absolute Gasteiger partial charge is 0.340 e.